The molecule has 3 heterocycles. The minimum absolute atomic E-state index is 0.0483. The number of alkyl halides is 3. The highest BCUT2D eigenvalue weighted by Crippen LogP contribution is 2.27. The Hall–Kier alpha value is -2.49. The first kappa shape index (κ1) is 20.2. The van der Waals surface area contributed by atoms with Gasteiger partial charge in [-0.1, -0.05) is 11.8 Å². The van der Waals surface area contributed by atoms with Crippen LogP contribution in [0.4, 0.5) is 13.2 Å². The van der Waals surface area contributed by atoms with Crippen LogP contribution < -0.4 is 0 Å². The molecule has 0 fully saturated rings. The number of carbonyl (C=O) groups excluding carboxylic acids is 1. The van der Waals surface area contributed by atoms with Gasteiger partial charge in [-0.2, -0.15) is 13.2 Å². The molecule has 3 aromatic heterocycles. The second-order valence-electron chi connectivity index (χ2n) is 6.45. The lowest BCUT2D eigenvalue weighted by atomic mass is 10.2. The first-order valence-corrected chi connectivity index (χ1v) is 9.40. The number of carbonyl (C=O) groups is 1. The zero-order valence-corrected chi connectivity index (χ0v) is 16.6. The van der Waals surface area contributed by atoms with E-state index >= 15 is 0 Å². The van der Waals surface area contributed by atoms with Crippen molar-refractivity contribution in [2.24, 2.45) is 7.05 Å². The predicted octanol–water partition coefficient (Wildman–Crippen LogP) is 4.34. The minimum atomic E-state index is -4.34. The maximum absolute atomic E-state index is 12.7. The highest BCUT2D eigenvalue weighted by Gasteiger charge is 2.30. The van der Waals surface area contributed by atoms with Gasteiger partial charge in [0.2, 0.25) is 0 Å². The predicted molar refractivity (Wildman–Crippen MR) is 98.5 cm³/mol. The number of aryl methyl sites for hydroxylation is 2. The Balaban J connectivity index is 1.74. The molecule has 0 bridgehead atoms. The third-order valence-electron chi connectivity index (χ3n) is 4.48. The summed E-state index contributed by atoms with van der Waals surface area (Å²) in [6, 6.07) is 3.29. The summed E-state index contributed by atoms with van der Waals surface area (Å²) in [4.78, 5) is 12.6. The van der Waals surface area contributed by atoms with Gasteiger partial charge in [-0.15, -0.1) is 10.2 Å². The molecule has 0 unspecified atom stereocenters. The van der Waals surface area contributed by atoms with E-state index in [9.17, 15) is 18.0 Å². The maximum atomic E-state index is 12.7. The van der Waals surface area contributed by atoms with Crippen molar-refractivity contribution in [1.82, 2.24) is 19.3 Å². The molecule has 3 rings (SSSR count). The molecule has 0 saturated heterocycles. The monoisotopic (exact) mass is 412 g/mol. The number of aromatic nitrogens is 4. The number of nitrogens with zero attached hydrogens (tertiary/aromatic N) is 4. The van der Waals surface area contributed by atoms with Gasteiger partial charge in [0.15, 0.2) is 16.8 Å². The summed E-state index contributed by atoms with van der Waals surface area (Å²) in [5.41, 5.74) is 1.82. The van der Waals surface area contributed by atoms with Crippen LogP contribution in [0.25, 0.3) is 11.4 Å². The number of halogens is 3. The average molecular weight is 412 g/mol. The van der Waals surface area contributed by atoms with E-state index in [0.29, 0.717) is 33.7 Å². The maximum Gasteiger partial charge on any atom is 0.406 e. The number of hydrogen-bond acceptors (Lipinski definition) is 5. The van der Waals surface area contributed by atoms with Crippen molar-refractivity contribution >= 4 is 17.5 Å². The van der Waals surface area contributed by atoms with Crippen molar-refractivity contribution in [3.8, 4) is 11.4 Å². The van der Waals surface area contributed by atoms with E-state index in [4.69, 9.17) is 4.42 Å². The van der Waals surface area contributed by atoms with Gasteiger partial charge in [0.1, 0.15) is 12.3 Å². The number of ketones is 1. The van der Waals surface area contributed by atoms with E-state index in [2.05, 4.69) is 10.2 Å². The van der Waals surface area contributed by atoms with Gasteiger partial charge in [0.05, 0.1) is 17.6 Å². The molecule has 28 heavy (non-hydrogen) atoms. The number of furan rings is 1. The Morgan fingerprint density at radius 3 is 2.57 bits per heavy atom. The van der Waals surface area contributed by atoms with Crippen molar-refractivity contribution in [1.29, 1.82) is 0 Å². The van der Waals surface area contributed by atoms with Crippen molar-refractivity contribution < 1.29 is 22.4 Å². The molecule has 0 saturated carbocycles. The van der Waals surface area contributed by atoms with Crippen LogP contribution in [0.1, 0.15) is 27.5 Å². The van der Waals surface area contributed by atoms with Gasteiger partial charge in [0.25, 0.3) is 0 Å². The number of thioether (sulfide) groups is 1. The first-order valence-electron chi connectivity index (χ1n) is 8.42. The Bertz CT molecular complexity index is 1020. The Morgan fingerprint density at radius 1 is 1.25 bits per heavy atom. The molecular weight excluding hydrogens is 393 g/mol. The minimum Gasteiger partial charge on any atom is -0.469 e. The standard InChI is InChI=1S/C18H19F3N4O2S/c1-10-7-14(11(2)25(10)9-18(19,20)21)15(26)8-28-17-23-22-16(24(17)4)13-5-6-27-12(13)3/h5-7H,8-9H2,1-4H3. The molecule has 3 aromatic rings. The largest absolute Gasteiger partial charge is 0.469 e. The van der Waals surface area contributed by atoms with Crippen LogP contribution in [0.15, 0.2) is 28.0 Å². The van der Waals surface area contributed by atoms with Crippen molar-refractivity contribution in [3.05, 3.63) is 41.1 Å². The van der Waals surface area contributed by atoms with E-state index in [1.54, 1.807) is 30.9 Å². The highest BCUT2D eigenvalue weighted by atomic mass is 32.2. The fourth-order valence-corrected chi connectivity index (χ4v) is 3.80. The summed E-state index contributed by atoms with van der Waals surface area (Å²) in [6.45, 7) is 3.79. The fraction of sp³-hybridized carbons (Fsp3) is 0.389. The van der Waals surface area contributed by atoms with Crippen molar-refractivity contribution in [3.63, 3.8) is 0 Å². The van der Waals surface area contributed by atoms with Gasteiger partial charge in [-0.05, 0) is 32.9 Å². The molecular formula is C18H19F3N4O2S. The second-order valence-corrected chi connectivity index (χ2v) is 7.40. The molecule has 10 heteroatoms. The number of hydrogen-bond donors (Lipinski definition) is 0. The third kappa shape index (κ3) is 4.01. The molecule has 0 aliphatic carbocycles. The topological polar surface area (TPSA) is 65.8 Å². The summed E-state index contributed by atoms with van der Waals surface area (Å²) >= 11 is 1.19. The van der Waals surface area contributed by atoms with Gasteiger partial charge < -0.3 is 13.6 Å². The van der Waals surface area contributed by atoms with Gasteiger partial charge >= 0.3 is 6.18 Å². The lowest BCUT2D eigenvalue weighted by Crippen LogP contribution is -2.19. The summed E-state index contributed by atoms with van der Waals surface area (Å²) < 4.78 is 46.4. The van der Waals surface area contributed by atoms with E-state index in [0.717, 1.165) is 10.1 Å². The summed E-state index contributed by atoms with van der Waals surface area (Å²) in [6.07, 6.45) is -2.78. The summed E-state index contributed by atoms with van der Waals surface area (Å²) in [7, 11) is 1.78. The second kappa shape index (κ2) is 7.50. The summed E-state index contributed by atoms with van der Waals surface area (Å²) in [5.74, 6) is 1.12. The highest BCUT2D eigenvalue weighted by molar-refractivity contribution is 7.99. The van der Waals surface area contributed by atoms with Crippen LogP contribution in [0.3, 0.4) is 0 Å². The normalized spacial score (nSPS) is 12.0. The molecule has 0 amide bonds. The lowest BCUT2D eigenvalue weighted by Gasteiger charge is -2.12. The first-order chi connectivity index (χ1) is 13.1. The van der Waals surface area contributed by atoms with Crippen LogP contribution >= 0.6 is 11.8 Å². The van der Waals surface area contributed by atoms with Gasteiger partial charge in [-0.25, -0.2) is 0 Å². The number of rotatable bonds is 6. The van der Waals surface area contributed by atoms with Crippen LogP contribution in [-0.2, 0) is 13.6 Å². The van der Waals surface area contributed by atoms with E-state index in [-0.39, 0.29) is 11.5 Å². The van der Waals surface area contributed by atoms with E-state index in [1.807, 2.05) is 6.92 Å². The zero-order chi connectivity index (χ0) is 20.6. The van der Waals surface area contributed by atoms with Gasteiger partial charge in [-0.3, -0.25) is 4.79 Å². The SMILES string of the molecule is Cc1occc1-c1nnc(SCC(=O)c2cc(C)n(CC(F)(F)F)c2C)n1C. The van der Waals surface area contributed by atoms with Crippen molar-refractivity contribution in [2.45, 2.75) is 38.6 Å². The Labute approximate surface area is 163 Å². The fourth-order valence-electron chi connectivity index (χ4n) is 3.01. The number of Topliss-reactive ketones (excluding diaryl/α,β-unsaturated/α-hetero) is 1. The van der Waals surface area contributed by atoms with Gasteiger partial charge in [0, 0.05) is 24.0 Å². The molecule has 0 aromatic carbocycles. The quantitative estimate of drug-likeness (QED) is 0.445. The molecule has 0 aliphatic rings. The van der Waals surface area contributed by atoms with Crippen molar-refractivity contribution in [2.75, 3.05) is 5.75 Å². The molecule has 0 atom stereocenters. The molecule has 0 spiro atoms. The molecule has 6 nitrogen and oxygen atoms in total. The molecule has 0 N–H and O–H groups in total. The third-order valence-corrected chi connectivity index (χ3v) is 5.50. The smallest absolute Gasteiger partial charge is 0.406 e. The van der Waals surface area contributed by atoms with Crippen LogP contribution in [0.5, 0.6) is 0 Å². The molecule has 0 radical (unpaired) electrons. The van der Waals surface area contributed by atoms with Crippen LogP contribution in [0, 0.1) is 20.8 Å². The van der Waals surface area contributed by atoms with E-state index in [1.165, 1.54) is 24.8 Å². The molecule has 0 aliphatic heterocycles. The lowest BCUT2D eigenvalue weighted by molar-refractivity contribution is -0.141. The van der Waals surface area contributed by atoms with Crippen LogP contribution in [-0.4, -0.2) is 37.0 Å². The van der Waals surface area contributed by atoms with E-state index < -0.39 is 12.7 Å². The Kier molecular flexibility index (Phi) is 5.42. The van der Waals surface area contributed by atoms with Crippen LogP contribution in [0.2, 0.25) is 0 Å². The Morgan fingerprint density at radius 2 is 1.96 bits per heavy atom. The summed E-state index contributed by atoms with van der Waals surface area (Å²) in [5, 5.41) is 8.77. The zero-order valence-electron chi connectivity index (χ0n) is 15.8. The average Bonchev–Trinajstić information content (AvgIpc) is 3.25. The molecule has 150 valence electrons.